The minimum atomic E-state index is -1.23. The summed E-state index contributed by atoms with van der Waals surface area (Å²) in [6.45, 7) is 0.215. The normalized spacial score (nSPS) is 13.6. The molecule has 0 aliphatic rings. The van der Waals surface area contributed by atoms with Gasteiger partial charge in [-0.05, 0) is 37.7 Å². The van der Waals surface area contributed by atoms with E-state index in [2.05, 4.69) is 15.6 Å². The van der Waals surface area contributed by atoms with E-state index in [9.17, 15) is 24.3 Å². The lowest BCUT2D eigenvalue weighted by Gasteiger charge is -2.22. The first-order chi connectivity index (χ1) is 13.6. The topological polar surface area (TPSA) is 223 Å². The second-order valence-corrected chi connectivity index (χ2v) is 7.22. The van der Waals surface area contributed by atoms with E-state index in [4.69, 9.17) is 22.3 Å². The number of aliphatic carboxylic acids is 2. The van der Waals surface area contributed by atoms with E-state index in [1.54, 1.807) is 0 Å². The van der Waals surface area contributed by atoms with Crippen molar-refractivity contribution >= 4 is 41.5 Å². The fraction of sp³-hybridized carbons (Fsp3) is 0.688. The Kier molecular flexibility index (Phi) is 13.2. The van der Waals surface area contributed by atoms with Crippen LogP contribution < -0.4 is 27.8 Å². The third-order valence-corrected chi connectivity index (χ3v) is 4.45. The Morgan fingerprint density at radius 3 is 2.14 bits per heavy atom. The van der Waals surface area contributed by atoms with Crippen molar-refractivity contribution in [1.82, 2.24) is 10.6 Å². The van der Waals surface area contributed by atoms with Crippen LogP contribution in [-0.4, -0.2) is 76.6 Å². The lowest BCUT2D eigenvalue weighted by atomic mass is 10.1. The van der Waals surface area contributed by atoms with E-state index in [0.717, 1.165) is 0 Å². The minimum Gasteiger partial charge on any atom is -0.481 e. The highest BCUT2D eigenvalue weighted by molar-refractivity contribution is 7.98. The van der Waals surface area contributed by atoms with Gasteiger partial charge >= 0.3 is 11.9 Å². The van der Waals surface area contributed by atoms with Gasteiger partial charge in [-0.3, -0.25) is 19.4 Å². The van der Waals surface area contributed by atoms with Crippen LogP contribution in [0.25, 0.3) is 0 Å². The van der Waals surface area contributed by atoms with Gasteiger partial charge in [0.2, 0.25) is 11.8 Å². The second kappa shape index (κ2) is 14.5. The van der Waals surface area contributed by atoms with Crippen molar-refractivity contribution in [3.05, 3.63) is 0 Å². The predicted molar refractivity (Wildman–Crippen MR) is 109 cm³/mol. The quantitative estimate of drug-likeness (QED) is 0.0855. The van der Waals surface area contributed by atoms with Crippen LogP contribution in [0.4, 0.5) is 0 Å². The lowest BCUT2D eigenvalue weighted by molar-refractivity contribution is -0.142. The molecule has 29 heavy (non-hydrogen) atoms. The van der Waals surface area contributed by atoms with Gasteiger partial charge in [-0.25, -0.2) is 4.79 Å². The van der Waals surface area contributed by atoms with E-state index in [1.165, 1.54) is 11.8 Å². The number of nitrogens with two attached hydrogens (primary N) is 3. The molecule has 0 aromatic carbocycles. The van der Waals surface area contributed by atoms with Crippen LogP contribution in [-0.2, 0) is 19.2 Å². The van der Waals surface area contributed by atoms with Gasteiger partial charge in [0.1, 0.15) is 12.1 Å². The number of hydrogen-bond acceptors (Lipinski definition) is 7. The molecule has 2 amide bonds. The lowest BCUT2D eigenvalue weighted by Crippen LogP contribution is -2.54. The van der Waals surface area contributed by atoms with Gasteiger partial charge in [0, 0.05) is 13.0 Å². The molecule has 10 N–H and O–H groups in total. The number of carbonyl (C=O) groups excluding carboxylic acids is 2. The fourth-order valence-corrected chi connectivity index (χ4v) is 2.70. The summed E-state index contributed by atoms with van der Waals surface area (Å²) < 4.78 is 0. The van der Waals surface area contributed by atoms with Crippen molar-refractivity contribution in [1.29, 1.82) is 0 Å². The smallest absolute Gasteiger partial charge is 0.326 e. The van der Waals surface area contributed by atoms with Gasteiger partial charge in [-0.1, -0.05) is 0 Å². The Morgan fingerprint density at radius 2 is 1.62 bits per heavy atom. The van der Waals surface area contributed by atoms with Crippen molar-refractivity contribution in [2.45, 2.75) is 50.2 Å². The zero-order valence-corrected chi connectivity index (χ0v) is 17.1. The highest BCUT2D eigenvalue weighted by atomic mass is 32.2. The summed E-state index contributed by atoms with van der Waals surface area (Å²) in [5.74, 6) is -3.23. The van der Waals surface area contributed by atoms with Crippen LogP contribution in [0.3, 0.4) is 0 Å². The van der Waals surface area contributed by atoms with Crippen molar-refractivity contribution in [3.8, 4) is 0 Å². The number of carboxylic acid groups (broad SMARTS) is 2. The van der Waals surface area contributed by atoms with Crippen LogP contribution in [0.15, 0.2) is 4.99 Å². The molecular formula is C16H30N6O6S. The molecule has 12 nitrogen and oxygen atoms in total. The number of aliphatic imine (C=N–C) groups is 1. The van der Waals surface area contributed by atoms with Crippen LogP contribution >= 0.6 is 11.8 Å². The molecule has 0 rings (SSSR count). The average molecular weight is 435 g/mol. The van der Waals surface area contributed by atoms with E-state index in [0.29, 0.717) is 12.2 Å². The monoisotopic (exact) mass is 434 g/mol. The van der Waals surface area contributed by atoms with Gasteiger partial charge < -0.3 is 38.0 Å². The number of nitrogens with zero attached hydrogens (tertiary/aromatic N) is 1. The van der Waals surface area contributed by atoms with Gasteiger partial charge in [0.25, 0.3) is 0 Å². The maximum Gasteiger partial charge on any atom is 0.326 e. The molecule has 0 heterocycles. The summed E-state index contributed by atoms with van der Waals surface area (Å²) in [6.07, 6.45) is 2.13. The van der Waals surface area contributed by atoms with Crippen LogP contribution in [0.1, 0.15) is 32.1 Å². The molecular weight excluding hydrogens is 404 g/mol. The molecule has 0 spiro atoms. The number of thioether (sulfide) groups is 1. The van der Waals surface area contributed by atoms with Crippen molar-refractivity contribution < 1.29 is 29.4 Å². The summed E-state index contributed by atoms with van der Waals surface area (Å²) in [4.78, 5) is 50.4. The fourth-order valence-electron chi connectivity index (χ4n) is 2.23. The van der Waals surface area contributed by atoms with E-state index < -0.39 is 41.9 Å². The number of guanidine groups is 1. The number of carbonyl (C=O) groups is 4. The van der Waals surface area contributed by atoms with E-state index in [1.807, 2.05) is 6.26 Å². The SMILES string of the molecule is CSCC[C@H](NC(=O)[C@@H](N)CCC(=O)O)C(=O)N[C@@H](CCCN=C(N)N)C(=O)O. The molecule has 0 aromatic heterocycles. The Labute approximate surface area is 173 Å². The van der Waals surface area contributed by atoms with Crippen LogP contribution in [0.2, 0.25) is 0 Å². The zero-order valence-electron chi connectivity index (χ0n) is 16.3. The van der Waals surface area contributed by atoms with Crippen molar-refractivity contribution in [3.63, 3.8) is 0 Å². The molecule has 0 saturated heterocycles. The third-order valence-electron chi connectivity index (χ3n) is 3.81. The summed E-state index contributed by atoms with van der Waals surface area (Å²) in [5.41, 5.74) is 16.1. The summed E-state index contributed by atoms with van der Waals surface area (Å²) in [5, 5.41) is 22.9. The Hall–Kier alpha value is -2.54. The Morgan fingerprint density at radius 1 is 1.00 bits per heavy atom. The molecule has 0 radical (unpaired) electrons. The molecule has 3 atom stereocenters. The highest BCUT2D eigenvalue weighted by Gasteiger charge is 2.27. The number of amides is 2. The van der Waals surface area contributed by atoms with Crippen molar-refractivity contribution in [2.24, 2.45) is 22.2 Å². The second-order valence-electron chi connectivity index (χ2n) is 6.23. The van der Waals surface area contributed by atoms with Crippen LogP contribution in [0, 0.1) is 0 Å². The standard InChI is InChI=1S/C16H30N6O6S/c1-29-8-6-10(21-13(25)9(17)4-5-12(23)24)14(26)22-11(15(27)28)3-2-7-20-16(18)19/h9-11H,2-8,17H2,1H3,(H,21,25)(H,22,26)(H,23,24)(H,27,28)(H4,18,19,20)/t9-,10-,11-/m0/s1. The summed E-state index contributed by atoms with van der Waals surface area (Å²) in [6, 6.07) is -3.26. The third kappa shape index (κ3) is 12.5. The number of carboxylic acids is 2. The first-order valence-electron chi connectivity index (χ1n) is 8.93. The number of nitrogens with one attached hydrogen (secondary N) is 2. The maximum absolute atomic E-state index is 12.5. The Balaban J connectivity index is 4.92. The molecule has 0 fully saturated rings. The molecule has 0 aliphatic heterocycles. The first kappa shape index (κ1) is 26.5. The van der Waals surface area contributed by atoms with E-state index >= 15 is 0 Å². The molecule has 0 aromatic rings. The zero-order chi connectivity index (χ0) is 22.4. The number of rotatable bonds is 15. The highest BCUT2D eigenvalue weighted by Crippen LogP contribution is 2.05. The number of hydrogen-bond donors (Lipinski definition) is 7. The molecule has 0 bridgehead atoms. The summed E-state index contributed by atoms with van der Waals surface area (Å²) in [7, 11) is 0. The van der Waals surface area contributed by atoms with Gasteiger partial charge in [0.05, 0.1) is 6.04 Å². The predicted octanol–water partition coefficient (Wildman–Crippen LogP) is -1.96. The molecule has 0 unspecified atom stereocenters. The van der Waals surface area contributed by atoms with E-state index in [-0.39, 0.29) is 38.2 Å². The van der Waals surface area contributed by atoms with Gasteiger partial charge in [0.15, 0.2) is 5.96 Å². The minimum absolute atomic E-state index is 0.0828. The van der Waals surface area contributed by atoms with Gasteiger partial charge in [-0.15, -0.1) is 0 Å². The molecule has 166 valence electrons. The van der Waals surface area contributed by atoms with Crippen molar-refractivity contribution in [2.75, 3.05) is 18.6 Å². The molecule has 0 aliphatic carbocycles. The van der Waals surface area contributed by atoms with Gasteiger partial charge in [-0.2, -0.15) is 11.8 Å². The molecule has 13 heteroatoms. The van der Waals surface area contributed by atoms with Crippen LogP contribution in [0.5, 0.6) is 0 Å². The maximum atomic E-state index is 12.5. The largest absolute Gasteiger partial charge is 0.481 e. The molecule has 0 saturated carbocycles. The average Bonchev–Trinajstić information content (AvgIpc) is 2.64. The first-order valence-corrected chi connectivity index (χ1v) is 10.3. The summed E-state index contributed by atoms with van der Waals surface area (Å²) >= 11 is 1.45. The Bertz CT molecular complexity index is 598.